The van der Waals surface area contributed by atoms with Gasteiger partial charge in [0, 0.05) is 12.8 Å². The number of hydrogen-bond acceptors (Lipinski definition) is 2. The summed E-state index contributed by atoms with van der Waals surface area (Å²) in [7, 11) is 3.69. The Morgan fingerprint density at radius 3 is 1.36 bits per heavy atom. The Bertz CT molecular complexity index is 487. The SMILES string of the molecule is CCCCCCC/C=C\CCCCCCCCCCCCCC(CCC)([P+](=O)[O-])[N+](C)(C)C. The van der Waals surface area contributed by atoms with Crippen LogP contribution in [0.1, 0.15) is 149 Å². The van der Waals surface area contributed by atoms with Crippen LogP contribution >= 0.6 is 8.03 Å². The Morgan fingerprint density at radius 1 is 0.606 bits per heavy atom. The van der Waals surface area contributed by atoms with Gasteiger partial charge in [-0.1, -0.05) is 114 Å². The van der Waals surface area contributed by atoms with E-state index in [0.29, 0.717) is 4.48 Å². The molecule has 196 valence electrons. The molecule has 0 aromatic heterocycles. The molecule has 0 aromatic rings. The van der Waals surface area contributed by atoms with E-state index in [0.717, 1.165) is 25.7 Å². The van der Waals surface area contributed by atoms with Crippen molar-refractivity contribution in [3.05, 3.63) is 12.2 Å². The molecular weight excluding hydrogens is 425 g/mol. The molecule has 0 fully saturated rings. The smallest absolute Gasteiger partial charge is 0.376 e. The van der Waals surface area contributed by atoms with Crippen molar-refractivity contribution in [2.24, 2.45) is 0 Å². The van der Waals surface area contributed by atoms with Crippen molar-refractivity contribution in [3.8, 4) is 0 Å². The first-order valence-corrected chi connectivity index (χ1v) is 15.6. The summed E-state index contributed by atoms with van der Waals surface area (Å²) in [5.74, 6) is 0. The van der Waals surface area contributed by atoms with E-state index < -0.39 is 13.3 Å². The van der Waals surface area contributed by atoms with Crippen molar-refractivity contribution < 1.29 is 13.9 Å². The minimum Gasteiger partial charge on any atom is -0.590 e. The fourth-order valence-corrected chi connectivity index (χ4v) is 6.22. The highest BCUT2D eigenvalue weighted by Gasteiger charge is 2.53. The van der Waals surface area contributed by atoms with Crippen molar-refractivity contribution in [2.75, 3.05) is 21.1 Å². The highest BCUT2D eigenvalue weighted by Crippen LogP contribution is 2.45. The predicted octanol–water partition coefficient (Wildman–Crippen LogP) is 9.28. The van der Waals surface area contributed by atoms with Crippen molar-refractivity contribution in [1.29, 1.82) is 0 Å². The molecule has 0 bridgehead atoms. The predicted molar refractivity (Wildman–Crippen MR) is 146 cm³/mol. The Kier molecular flexibility index (Phi) is 20.9. The van der Waals surface area contributed by atoms with Gasteiger partial charge in [-0.15, -0.1) is 0 Å². The van der Waals surface area contributed by atoms with Crippen LogP contribution in [0.3, 0.4) is 0 Å². The van der Waals surface area contributed by atoms with Crippen molar-refractivity contribution in [1.82, 2.24) is 0 Å². The van der Waals surface area contributed by atoms with E-state index in [1.807, 2.05) is 21.1 Å². The molecule has 0 N–H and O–H groups in total. The number of unbranched alkanes of at least 4 members (excludes halogenated alkanes) is 16. The number of rotatable bonds is 24. The summed E-state index contributed by atoms with van der Waals surface area (Å²) < 4.78 is 12.6. The first-order valence-electron chi connectivity index (χ1n) is 14.4. The zero-order chi connectivity index (χ0) is 24.8. The lowest BCUT2D eigenvalue weighted by atomic mass is 9.99. The lowest BCUT2D eigenvalue weighted by Gasteiger charge is -2.39. The molecule has 0 spiro atoms. The lowest BCUT2D eigenvalue weighted by molar-refractivity contribution is -0.910. The molecule has 0 heterocycles. The first kappa shape index (κ1) is 32.8. The van der Waals surface area contributed by atoms with E-state index >= 15 is 0 Å². The van der Waals surface area contributed by atoms with Gasteiger partial charge in [0.2, 0.25) is 0 Å². The largest absolute Gasteiger partial charge is 0.590 e. The average Bonchev–Trinajstić information content (AvgIpc) is 2.76. The van der Waals surface area contributed by atoms with Gasteiger partial charge in [0.05, 0.1) is 21.1 Å². The van der Waals surface area contributed by atoms with E-state index in [4.69, 9.17) is 0 Å². The zero-order valence-corrected chi connectivity index (χ0v) is 24.1. The minimum atomic E-state index is -2.42. The summed E-state index contributed by atoms with van der Waals surface area (Å²) in [6.45, 7) is 4.37. The minimum absolute atomic E-state index is 0.523. The van der Waals surface area contributed by atoms with Gasteiger partial charge in [0.25, 0.3) is 5.28 Å². The summed E-state index contributed by atoms with van der Waals surface area (Å²) in [5, 5.41) is -0.589. The quantitative estimate of drug-likeness (QED) is 0.0592. The van der Waals surface area contributed by atoms with Gasteiger partial charge in [-0.3, -0.25) is 4.48 Å². The average molecular weight is 485 g/mol. The zero-order valence-electron chi connectivity index (χ0n) is 23.2. The third kappa shape index (κ3) is 16.1. The Labute approximate surface area is 209 Å². The maximum absolute atomic E-state index is 12.1. The summed E-state index contributed by atoms with van der Waals surface area (Å²) in [5.41, 5.74) is 0. The standard InChI is InChI=1S/C29H59NO2P/c1-6-8-9-10-11-12-13-14-15-16-17-18-19-20-21-22-23-24-25-26-28-29(27-7-2,33(31)32)30(3,4)5/h13-14H,6-12,15-28H2,1-5H3/q+1/b14-13-. The highest BCUT2D eigenvalue weighted by atomic mass is 31.1. The fraction of sp³-hybridized carbons (Fsp3) is 0.931. The van der Waals surface area contributed by atoms with Gasteiger partial charge in [-0.25, -0.2) is 0 Å². The summed E-state index contributed by atoms with van der Waals surface area (Å²) in [6.07, 6.45) is 31.1. The molecule has 2 unspecified atom stereocenters. The summed E-state index contributed by atoms with van der Waals surface area (Å²) >= 11 is 0. The monoisotopic (exact) mass is 484 g/mol. The van der Waals surface area contributed by atoms with Crippen molar-refractivity contribution in [2.45, 2.75) is 154 Å². The van der Waals surface area contributed by atoms with Crippen LogP contribution in [-0.4, -0.2) is 30.9 Å². The second-order valence-corrected chi connectivity index (χ2v) is 12.5. The normalized spacial score (nSPS) is 14.7. The van der Waals surface area contributed by atoms with Crippen molar-refractivity contribution in [3.63, 3.8) is 0 Å². The summed E-state index contributed by atoms with van der Waals surface area (Å²) in [4.78, 5) is 12.1. The molecular formula is C29H59NO2P+. The van der Waals surface area contributed by atoms with Gasteiger partial charge in [-0.05, 0) is 38.5 Å². The molecule has 0 aromatic carbocycles. The molecule has 3 nitrogen and oxygen atoms in total. The van der Waals surface area contributed by atoms with E-state index in [1.54, 1.807) is 0 Å². The topological polar surface area (TPSA) is 40.1 Å². The van der Waals surface area contributed by atoms with Crippen LogP contribution in [0.4, 0.5) is 0 Å². The molecule has 0 aliphatic rings. The third-order valence-electron chi connectivity index (χ3n) is 7.33. The van der Waals surface area contributed by atoms with Crippen LogP contribution in [0.25, 0.3) is 0 Å². The molecule has 2 atom stereocenters. The van der Waals surface area contributed by atoms with Crippen LogP contribution in [0, 0.1) is 0 Å². The molecule has 0 rings (SSSR count). The third-order valence-corrected chi connectivity index (χ3v) is 9.05. The molecule has 0 saturated carbocycles. The van der Waals surface area contributed by atoms with Crippen LogP contribution in [0.5, 0.6) is 0 Å². The van der Waals surface area contributed by atoms with Crippen LogP contribution < -0.4 is 4.89 Å². The number of allylic oxidation sites excluding steroid dienone is 2. The Hall–Kier alpha value is -0.240. The molecule has 0 aliphatic heterocycles. The lowest BCUT2D eigenvalue weighted by Crippen LogP contribution is -2.55. The van der Waals surface area contributed by atoms with E-state index in [1.165, 1.54) is 109 Å². The van der Waals surface area contributed by atoms with Crippen LogP contribution in [0.15, 0.2) is 12.2 Å². The van der Waals surface area contributed by atoms with Gasteiger partial charge in [0.1, 0.15) is 0 Å². The second kappa shape index (κ2) is 21.1. The van der Waals surface area contributed by atoms with Crippen molar-refractivity contribution >= 4 is 8.03 Å². The van der Waals surface area contributed by atoms with E-state index in [-0.39, 0.29) is 0 Å². The Morgan fingerprint density at radius 2 is 1.00 bits per heavy atom. The van der Waals surface area contributed by atoms with Crippen LogP contribution in [0.2, 0.25) is 0 Å². The maximum atomic E-state index is 12.1. The molecule has 0 amide bonds. The van der Waals surface area contributed by atoms with Gasteiger partial charge in [0.15, 0.2) is 0 Å². The first-order chi connectivity index (χ1) is 15.8. The molecule has 4 heteroatoms. The fourth-order valence-electron chi connectivity index (χ4n) is 4.99. The molecule has 0 radical (unpaired) electrons. The van der Waals surface area contributed by atoms with E-state index in [9.17, 15) is 9.46 Å². The number of nitrogens with zero attached hydrogens (tertiary/aromatic N) is 1. The second-order valence-electron chi connectivity index (χ2n) is 11.1. The van der Waals surface area contributed by atoms with E-state index in [2.05, 4.69) is 26.0 Å². The van der Waals surface area contributed by atoms with Gasteiger partial charge < -0.3 is 4.89 Å². The molecule has 33 heavy (non-hydrogen) atoms. The Balaban J connectivity index is 3.58. The molecule has 0 aliphatic carbocycles. The summed E-state index contributed by atoms with van der Waals surface area (Å²) in [6, 6.07) is 0. The maximum Gasteiger partial charge on any atom is 0.376 e. The number of hydrogen-bond donors (Lipinski definition) is 0. The molecule has 0 saturated heterocycles. The highest BCUT2D eigenvalue weighted by molar-refractivity contribution is 7.38. The van der Waals surface area contributed by atoms with Gasteiger partial charge in [-0.2, -0.15) is 0 Å². The van der Waals surface area contributed by atoms with Crippen LogP contribution in [-0.2, 0) is 4.57 Å². The number of quaternary nitrogens is 1. The van der Waals surface area contributed by atoms with Gasteiger partial charge >= 0.3 is 8.03 Å².